The Morgan fingerprint density at radius 2 is 2.00 bits per heavy atom. The normalized spacial score (nSPS) is 16.3. The average molecular weight is 233 g/mol. The van der Waals surface area contributed by atoms with Gasteiger partial charge in [0.2, 0.25) is 0 Å². The number of oxime groups is 1. The van der Waals surface area contributed by atoms with Crippen LogP contribution in [0, 0.1) is 0 Å². The first-order chi connectivity index (χ1) is 7.17. The summed E-state index contributed by atoms with van der Waals surface area (Å²) < 4.78 is 0. The molecule has 0 spiro atoms. The van der Waals surface area contributed by atoms with Crippen molar-refractivity contribution in [1.29, 1.82) is 0 Å². The van der Waals surface area contributed by atoms with Crippen molar-refractivity contribution in [2.24, 2.45) is 10.9 Å². The Morgan fingerprint density at radius 1 is 1.40 bits per heavy atom. The van der Waals surface area contributed by atoms with Crippen LogP contribution in [0.3, 0.4) is 0 Å². The van der Waals surface area contributed by atoms with Crippen LogP contribution in [-0.4, -0.2) is 35.1 Å². The summed E-state index contributed by atoms with van der Waals surface area (Å²) in [6, 6.07) is 0.814. The van der Waals surface area contributed by atoms with Crippen LogP contribution in [0.25, 0.3) is 0 Å². The first-order valence-corrected chi connectivity index (χ1v) is 6.78. The van der Waals surface area contributed by atoms with E-state index < -0.39 is 0 Å². The van der Waals surface area contributed by atoms with Crippen molar-refractivity contribution < 1.29 is 5.21 Å². The third-order valence-electron chi connectivity index (χ3n) is 2.41. The van der Waals surface area contributed by atoms with Crippen LogP contribution in [-0.2, 0) is 0 Å². The van der Waals surface area contributed by atoms with Crippen molar-refractivity contribution >= 4 is 17.6 Å². The van der Waals surface area contributed by atoms with Gasteiger partial charge in [0.15, 0.2) is 0 Å². The molecule has 0 amide bonds. The van der Waals surface area contributed by atoms with Gasteiger partial charge < -0.3 is 16.3 Å². The van der Waals surface area contributed by atoms with Gasteiger partial charge in [-0.1, -0.05) is 19.0 Å². The molecule has 0 aliphatic rings. The minimum atomic E-state index is 0.299. The van der Waals surface area contributed by atoms with Crippen LogP contribution in [0.4, 0.5) is 0 Å². The van der Waals surface area contributed by atoms with Crippen molar-refractivity contribution in [3.63, 3.8) is 0 Å². The van der Waals surface area contributed by atoms with Crippen molar-refractivity contribution in [3.05, 3.63) is 0 Å². The molecule has 0 aliphatic heterocycles. The smallest absolute Gasteiger partial charge is 0.140 e. The van der Waals surface area contributed by atoms with E-state index in [0.717, 1.165) is 18.6 Å². The topological polar surface area (TPSA) is 70.6 Å². The standard InChI is InChI=1S/C10H23N3OS/c1-4-8(6-10(11)13-14)12-9(5-2)7-15-3/h8-9,12,14H,4-7H2,1-3H3,(H2,11,13). The van der Waals surface area contributed by atoms with Gasteiger partial charge in [-0.2, -0.15) is 11.8 Å². The number of hydrogen-bond acceptors (Lipinski definition) is 4. The van der Waals surface area contributed by atoms with Gasteiger partial charge in [0.05, 0.1) is 0 Å². The Morgan fingerprint density at radius 3 is 2.40 bits per heavy atom. The fourth-order valence-corrected chi connectivity index (χ4v) is 2.17. The van der Waals surface area contributed by atoms with Gasteiger partial charge in [-0.15, -0.1) is 0 Å². The Hall–Kier alpha value is -0.420. The summed E-state index contributed by atoms with van der Waals surface area (Å²) >= 11 is 1.84. The molecule has 0 aromatic heterocycles. The molecule has 4 nitrogen and oxygen atoms in total. The lowest BCUT2D eigenvalue weighted by molar-refractivity contribution is 0.314. The largest absolute Gasteiger partial charge is 0.409 e. The molecule has 0 aromatic rings. The molecule has 90 valence electrons. The number of thioether (sulfide) groups is 1. The number of hydrogen-bond donors (Lipinski definition) is 3. The van der Waals surface area contributed by atoms with Crippen LogP contribution in [0.15, 0.2) is 5.16 Å². The molecule has 2 unspecified atom stereocenters. The van der Waals surface area contributed by atoms with Gasteiger partial charge in [0.1, 0.15) is 5.84 Å². The zero-order valence-electron chi connectivity index (χ0n) is 9.86. The number of nitrogens with one attached hydrogen (secondary N) is 1. The van der Waals surface area contributed by atoms with Gasteiger partial charge >= 0.3 is 0 Å². The molecule has 2 atom stereocenters. The van der Waals surface area contributed by atoms with Crippen molar-refractivity contribution in [2.75, 3.05) is 12.0 Å². The van der Waals surface area contributed by atoms with E-state index in [4.69, 9.17) is 10.9 Å². The predicted octanol–water partition coefficient (Wildman–Crippen LogP) is 1.63. The maximum atomic E-state index is 8.50. The third-order valence-corrected chi connectivity index (χ3v) is 3.14. The number of rotatable bonds is 8. The molecule has 0 fully saturated rings. The van der Waals surface area contributed by atoms with Crippen LogP contribution in [0.2, 0.25) is 0 Å². The summed E-state index contributed by atoms with van der Waals surface area (Å²) in [6.45, 7) is 4.28. The van der Waals surface area contributed by atoms with E-state index in [1.165, 1.54) is 0 Å². The molecule has 5 heteroatoms. The molecule has 0 aromatic carbocycles. The maximum Gasteiger partial charge on any atom is 0.140 e. The van der Waals surface area contributed by atoms with Gasteiger partial charge in [0, 0.05) is 24.3 Å². The van der Waals surface area contributed by atoms with Crippen molar-refractivity contribution in [3.8, 4) is 0 Å². The molecular formula is C10H23N3OS. The lowest BCUT2D eigenvalue weighted by Crippen LogP contribution is -2.41. The second-order valence-electron chi connectivity index (χ2n) is 3.63. The number of nitrogens with zero attached hydrogens (tertiary/aromatic N) is 1. The van der Waals surface area contributed by atoms with E-state index in [9.17, 15) is 0 Å². The molecule has 0 aliphatic carbocycles. The van der Waals surface area contributed by atoms with E-state index in [1.54, 1.807) is 0 Å². The fourth-order valence-electron chi connectivity index (χ4n) is 1.43. The molecular weight excluding hydrogens is 210 g/mol. The Kier molecular flexibility index (Phi) is 8.61. The average Bonchev–Trinajstić information content (AvgIpc) is 2.26. The van der Waals surface area contributed by atoms with Crippen LogP contribution >= 0.6 is 11.8 Å². The highest BCUT2D eigenvalue weighted by atomic mass is 32.2. The van der Waals surface area contributed by atoms with E-state index in [1.807, 2.05) is 11.8 Å². The first-order valence-electron chi connectivity index (χ1n) is 5.39. The van der Waals surface area contributed by atoms with Crippen LogP contribution < -0.4 is 11.1 Å². The van der Waals surface area contributed by atoms with Gasteiger partial charge in [-0.25, -0.2) is 0 Å². The minimum Gasteiger partial charge on any atom is -0.409 e. The maximum absolute atomic E-state index is 8.50. The highest BCUT2D eigenvalue weighted by Gasteiger charge is 2.13. The SMILES string of the molecule is CCC(CSC)NC(CC)CC(N)=NO. The summed E-state index contributed by atoms with van der Waals surface area (Å²) in [7, 11) is 0. The summed E-state index contributed by atoms with van der Waals surface area (Å²) in [4.78, 5) is 0. The summed E-state index contributed by atoms with van der Waals surface area (Å²) in [5.74, 6) is 1.40. The molecule has 4 N–H and O–H groups in total. The number of amidine groups is 1. The van der Waals surface area contributed by atoms with Crippen molar-refractivity contribution in [2.45, 2.75) is 45.2 Å². The predicted molar refractivity (Wildman–Crippen MR) is 67.7 cm³/mol. The van der Waals surface area contributed by atoms with Crippen LogP contribution in [0.5, 0.6) is 0 Å². The van der Waals surface area contributed by atoms with E-state index in [2.05, 4.69) is 30.6 Å². The molecule has 0 rings (SSSR count). The second-order valence-corrected chi connectivity index (χ2v) is 4.54. The minimum absolute atomic E-state index is 0.299. The molecule has 0 saturated carbocycles. The van der Waals surface area contributed by atoms with Crippen molar-refractivity contribution in [1.82, 2.24) is 5.32 Å². The van der Waals surface area contributed by atoms with E-state index >= 15 is 0 Å². The quantitative estimate of drug-likeness (QED) is 0.258. The highest BCUT2D eigenvalue weighted by Crippen LogP contribution is 2.06. The summed E-state index contributed by atoms with van der Waals surface area (Å²) in [5, 5.41) is 15.0. The van der Waals surface area contributed by atoms with Crippen LogP contribution in [0.1, 0.15) is 33.1 Å². The highest BCUT2D eigenvalue weighted by molar-refractivity contribution is 7.98. The fraction of sp³-hybridized carbons (Fsp3) is 0.900. The Balaban J connectivity index is 4.05. The molecule has 15 heavy (non-hydrogen) atoms. The lowest BCUT2D eigenvalue weighted by atomic mass is 10.1. The monoisotopic (exact) mass is 233 g/mol. The third kappa shape index (κ3) is 6.62. The van der Waals surface area contributed by atoms with Gasteiger partial charge in [-0.05, 0) is 19.1 Å². The second kappa shape index (κ2) is 8.85. The van der Waals surface area contributed by atoms with E-state index in [0.29, 0.717) is 24.3 Å². The first kappa shape index (κ1) is 14.6. The summed E-state index contributed by atoms with van der Waals surface area (Å²) in [6.07, 6.45) is 4.81. The van der Waals surface area contributed by atoms with Gasteiger partial charge in [0.25, 0.3) is 0 Å². The molecule has 0 radical (unpaired) electrons. The summed E-state index contributed by atoms with van der Waals surface area (Å²) in [5.41, 5.74) is 5.50. The molecule has 0 bridgehead atoms. The van der Waals surface area contributed by atoms with E-state index in [-0.39, 0.29) is 0 Å². The Bertz CT molecular complexity index is 188. The zero-order valence-corrected chi connectivity index (χ0v) is 10.7. The molecule has 0 saturated heterocycles. The zero-order chi connectivity index (χ0) is 11.7. The molecule has 0 heterocycles. The van der Waals surface area contributed by atoms with Gasteiger partial charge in [-0.3, -0.25) is 0 Å². The number of nitrogens with two attached hydrogens (primary N) is 1. The Labute approximate surface area is 96.7 Å². The lowest BCUT2D eigenvalue weighted by Gasteiger charge is -2.23.